The summed E-state index contributed by atoms with van der Waals surface area (Å²) in [5.74, 6) is 0.701. The topological polar surface area (TPSA) is 85.1 Å². The number of hydrogen-bond donors (Lipinski definition) is 1. The fourth-order valence-corrected chi connectivity index (χ4v) is 6.24. The second-order valence-electron chi connectivity index (χ2n) is 6.57. The number of hydrogen-bond acceptors (Lipinski definition) is 6. The molecule has 6 nitrogen and oxygen atoms in total. The van der Waals surface area contributed by atoms with Crippen molar-refractivity contribution in [2.45, 2.75) is 43.5 Å². The Morgan fingerprint density at radius 3 is 2.78 bits per heavy atom. The van der Waals surface area contributed by atoms with Gasteiger partial charge in [-0.1, -0.05) is 41.7 Å². The molecule has 0 aliphatic heterocycles. The molecule has 142 valence electrons. The summed E-state index contributed by atoms with van der Waals surface area (Å²) in [6, 6.07) is 8.78. The molecule has 2 aromatic heterocycles. The molecule has 27 heavy (non-hydrogen) atoms. The van der Waals surface area contributed by atoms with Crippen molar-refractivity contribution in [3.05, 3.63) is 40.2 Å². The smallest absolute Gasteiger partial charge is 0.268 e. The van der Waals surface area contributed by atoms with Crippen molar-refractivity contribution < 1.29 is 12.9 Å². The number of aromatic nitrogens is 2. The Hall–Kier alpha value is -1.74. The number of halogens is 1. The van der Waals surface area contributed by atoms with Gasteiger partial charge < -0.3 is 4.52 Å². The lowest BCUT2D eigenvalue weighted by Gasteiger charge is -2.11. The molecule has 0 radical (unpaired) electrons. The van der Waals surface area contributed by atoms with Gasteiger partial charge in [0.1, 0.15) is 0 Å². The SMILES string of the molecule is Cc1sc(-c2nc(-c3cccc(Cl)c3)no2)cc1S(=O)(=O)NC1CCCC1. The number of benzene rings is 1. The molecule has 1 aromatic carbocycles. The fourth-order valence-electron chi connectivity index (χ4n) is 3.23. The lowest BCUT2D eigenvalue weighted by atomic mass is 10.2. The number of aryl methyl sites for hydroxylation is 1. The van der Waals surface area contributed by atoms with Gasteiger partial charge in [0.15, 0.2) is 0 Å². The highest BCUT2D eigenvalue weighted by molar-refractivity contribution is 7.89. The minimum atomic E-state index is -3.56. The summed E-state index contributed by atoms with van der Waals surface area (Å²) in [5.41, 5.74) is 0.738. The number of nitrogens with one attached hydrogen (secondary N) is 1. The minimum Gasteiger partial charge on any atom is -0.333 e. The van der Waals surface area contributed by atoms with Crippen LogP contribution in [0.15, 0.2) is 39.8 Å². The van der Waals surface area contributed by atoms with Crippen LogP contribution in [-0.4, -0.2) is 24.6 Å². The van der Waals surface area contributed by atoms with Gasteiger partial charge in [0.05, 0.1) is 9.77 Å². The zero-order valence-electron chi connectivity index (χ0n) is 14.6. The number of nitrogens with zero attached hydrogens (tertiary/aromatic N) is 2. The molecular formula is C18H18ClN3O3S2. The van der Waals surface area contributed by atoms with E-state index in [2.05, 4.69) is 14.9 Å². The normalized spacial score (nSPS) is 15.5. The van der Waals surface area contributed by atoms with Crippen LogP contribution < -0.4 is 4.72 Å². The third kappa shape index (κ3) is 3.94. The molecular weight excluding hydrogens is 406 g/mol. The Balaban J connectivity index is 1.62. The lowest BCUT2D eigenvalue weighted by molar-refractivity contribution is 0.433. The third-order valence-electron chi connectivity index (χ3n) is 4.56. The Morgan fingerprint density at radius 2 is 2.04 bits per heavy atom. The number of sulfonamides is 1. The van der Waals surface area contributed by atoms with Gasteiger partial charge in [-0.3, -0.25) is 0 Å². The minimum absolute atomic E-state index is 0.0237. The van der Waals surface area contributed by atoms with E-state index >= 15 is 0 Å². The highest BCUT2D eigenvalue weighted by Gasteiger charge is 2.27. The molecule has 3 aromatic rings. The highest BCUT2D eigenvalue weighted by Crippen LogP contribution is 2.34. The van der Waals surface area contributed by atoms with Crippen molar-refractivity contribution in [1.82, 2.24) is 14.9 Å². The van der Waals surface area contributed by atoms with E-state index in [0.717, 1.165) is 31.2 Å². The number of rotatable bonds is 5. The van der Waals surface area contributed by atoms with Crippen LogP contribution in [0.1, 0.15) is 30.6 Å². The standard InChI is InChI=1S/C18H18ClN3O3S2/c1-11-16(27(23,24)22-14-7-2-3-8-14)10-15(26-11)18-20-17(21-25-18)12-5-4-6-13(19)9-12/h4-6,9-10,14,22H,2-3,7-8H2,1H3. The average molecular weight is 424 g/mol. The van der Waals surface area contributed by atoms with E-state index in [1.165, 1.54) is 11.3 Å². The van der Waals surface area contributed by atoms with E-state index in [1.807, 2.05) is 12.1 Å². The summed E-state index contributed by atoms with van der Waals surface area (Å²) in [7, 11) is -3.56. The molecule has 0 atom stereocenters. The Bertz CT molecular complexity index is 1070. The maximum Gasteiger partial charge on any atom is 0.268 e. The predicted octanol–water partition coefficient (Wildman–Crippen LogP) is 4.65. The first-order valence-electron chi connectivity index (χ1n) is 8.65. The van der Waals surface area contributed by atoms with Gasteiger partial charge in [0.2, 0.25) is 15.8 Å². The van der Waals surface area contributed by atoms with Gasteiger partial charge in [-0.15, -0.1) is 11.3 Å². The van der Waals surface area contributed by atoms with Crippen LogP contribution in [0, 0.1) is 6.92 Å². The summed E-state index contributed by atoms with van der Waals surface area (Å²) in [6.45, 7) is 1.78. The largest absolute Gasteiger partial charge is 0.333 e. The van der Waals surface area contributed by atoms with Crippen LogP contribution >= 0.6 is 22.9 Å². The summed E-state index contributed by atoms with van der Waals surface area (Å²) in [6.07, 6.45) is 3.91. The van der Waals surface area contributed by atoms with Gasteiger partial charge in [-0.25, -0.2) is 13.1 Å². The second-order valence-corrected chi connectivity index (χ2v) is 9.94. The summed E-state index contributed by atoms with van der Waals surface area (Å²) < 4.78 is 33.6. The molecule has 1 fully saturated rings. The van der Waals surface area contributed by atoms with Gasteiger partial charge >= 0.3 is 0 Å². The zero-order chi connectivity index (χ0) is 19.0. The molecule has 1 saturated carbocycles. The van der Waals surface area contributed by atoms with E-state index in [-0.39, 0.29) is 10.9 Å². The van der Waals surface area contributed by atoms with Crippen LogP contribution in [0.25, 0.3) is 22.2 Å². The van der Waals surface area contributed by atoms with E-state index in [4.69, 9.17) is 16.1 Å². The number of thiophene rings is 1. The molecule has 0 bridgehead atoms. The van der Waals surface area contributed by atoms with Crippen molar-refractivity contribution >= 4 is 33.0 Å². The van der Waals surface area contributed by atoms with E-state index in [9.17, 15) is 8.42 Å². The van der Waals surface area contributed by atoms with Gasteiger partial charge in [0, 0.05) is 21.5 Å². The van der Waals surface area contributed by atoms with Gasteiger partial charge in [-0.05, 0) is 38.0 Å². The second kappa shape index (κ2) is 7.35. The van der Waals surface area contributed by atoms with Crippen molar-refractivity contribution in [2.24, 2.45) is 0 Å². The van der Waals surface area contributed by atoms with Crippen molar-refractivity contribution in [2.75, 3.05) is 0 Å². The van der Waals surface area contributed by atoms with Crippen LogP contribution in [0.2, 0.25) is 5.02 Å². The molecule has 9 heteroatoms. The van der Waals surface area contributed by atoms with Gasteiger partial charge in [-0.2, -0.15) is 4.98 Å². The van der Waals surface area contributed by atoms with E-state index in [1.54, 1.807) is 25.1 Å². The third-order valence-corrected chi connectivity index (χ3v) is 7.61. The Morgan fingerprint density at radius 1 is 1.26 bits per heavy atom. The van der Waals surface area contributed by atoms with E-state index in [0.29, 0.717) is 26.5 Å². The molecule has 4 rings (SSSR count). The molecule has 1 N–H and O–H groups in total. The maximum absolute atomic E-state index is 12.7. The molecule has 0 amide bonds. The Labute approximate surface area is 166 Å². The molecule has 0 spiro atoms. The monoisotopic (exact) mass is 423 g/mol. The fraction of sp³-hybridized carbons (Fsp3) is 0.333. The first-order valence-corrected chi connectivity index (χ1v) is 11.3. The highest BCUT2D eigenvalue weighted by atomic mass is 35.5. The van der Waals surface area contributed by atoms with E-state index < -0.39 is 10.0 Å². The first kappa shape index (κ1) is 18.6. The first-order chi connectivity index (χ1) is 12.9. The molecule has 1 aliphatic rings. The molecule has 0 saturated heterocycles. The molecule has 1 aliphatic carbocycles. The zero-order valence-corrected chi connectivity index (χ0v) is 17.0. The quantitative estimate of drug-likeness (QED) is 0.645. The lowest BCUT2D eigenvalue weighted by Crippen LogP contribution is -2.32. The summed E-state index contributed by atoms with van der Waals surface area (Å²) in [4.78, 5) is 5.98. The van der Waals surface area contributed by atoms with Crippen LogP contribution in [0.3, 0.4) is 0 Å². The molecule has 0 unspecified atom stereocenters. The van der Waals surface area contributed by atoms with Gasteiger partial charge in [0.25, 0.3) is 5.89 Å². The average Bonchev–Trinajstić information content (AvgIpc) is 3.34. The van der Waals surface area contributed by atoms with Crippen molar-refractivity contribution in [1.29, 1.82) is 0 Å². The summed E-state index contributed by atoms with van der Waals surface area (Å²) in [5, 5.41) is 4.57. The van der Waals surface area contributed by atoms with Crippen LogP contribution in [-0.2, 0) is 10.0 Å². The Kier molecular flexibility index (Phi) is 5.07. The van der Waals surface area contributed by atoms with Crippen molar-refractivity contribution in [3.8, 4) is 22.2 Å². The summed E-state index contributed by atoms with van der Waals surface area (Å²) >= 11 is 7.33. The van der Waals surface area contributed by atoms with Crippen LogP contribution in [0.4, 0.5) is 0 Å². The van der Waals surface area contributed by atoms with Crippen LogP contribution in [0.5, 0.6) is 0 Å². The van der Waals surface area contributed by atoms with Crippen molar-refractivity contribution in [3.63, 3.8) is 0 Å². The predicted molar refractivity (Wildman–Crippen MR) is 105 cm³/mol. The maximum atomic E-state index is 12.7. The molecule has 2 heterocycles.